The molecule has 5 heteroatoms. The third-order valence-corrected chi connectivity index (χ3v) is 6.00. The second-order valence-electron chi connectivity index (χ2n) is 7.98. The van der Waals surface area contributed by atoms with Gasteiger partial charge in [0.1, 0.15) is 0 Å². The maximum atomic E-state index is 13.4. The number of carbonyl (C=O) groups excluding carboxylic acids is 1. The molecule has 0 radical (unpaired) electrons. The molecule has 0 spiro atoms. The first-order valence-electron chi connectivity index (χ1n) is 10.1. The average Bonchev–Trinajstić information content (AvgIpc) is 3.34. The first-order valence-corrected chi connectivity index (χ1v) is 10.1. The number of aromatic nitrogens is 1. The Morgan fingerprint density at radius 3 is 2.62 bits per heavy atom. The van der Waals surface area contributed by atoms with Crippen molar-refractivity contribution in [3.63, 3.8) is 0 Å². The summed E-state index contributed by atoms with van der Waals surface area (Å²) in [4.78, 5) is 15.6. The lowest BCUT2D eigenvalue weighted by atomic mass is 9.84. The Balaban J connectivity index is 1.59. The van der Waals surface area contributed by atoms with Crippen LogP contribution < -0.4 is 0 Å². The van der Waals surface area contributed by atoms with Gasteiger partial charge in [0.2, 0.25) is 5.76 Å². The van der Waals surface area contributed by atoms with E-state index >= 15 is 0 Å². The van der Waals surface area contributed by atoms with Crippen LogP contribution in [-0.4, -0.2) is 28.0 Å². The molecule has 140 valence electrons. The van der Waals surface area contributed by atoms with Gasteiger partial charge in [0.25, 0.3) is 5.91 Å². The molecular formula is C21H28N2O3. The first kappa shape index (κ1) is 17.4. The number of furan rings is 1. The summed E-state index contributed by atoms with van der Waals surface area (Å²) in [5.41, 5.74) is 0.403. The number of carbonyl (C=O) groups is 1. The molecule has 1 amide bonds. The van der Waals surface area contributed by atoms with Crippen LogP contribution in [0.15, 0.2) is 33.4 Å². The summed E-state index contributed by atoms with van der Waals surface area (Å²) >= 11 is 0. The lowest BCUT2D eigenvalue weighted by molar-refractivity contribution is 0.0400. The van der Waals surface area contributed by atoms with Gasteiger partial charge in [-0.25, -0.2) is 0 Å². The molecule has 2 aliphatic rings. The van der Waals surface area contributed by atoms with Crippen molar-refractivity contribution in [3.8, 4) is 11.5 Å². The smallest absolute Gasteiger partial charge is 0.276 e. The predicted octanol–water partition coefficient (Wildman–Crippen LogP) is 5.29. The summed E-state index contributed by atoms with van der Waals surface area (Å²) in [5.74, 6) is 1.83. The molecule has 5 nitrogen and oxygen atoms in total. The van der Waals surface area contributed by atoms with E-state index in [9.17, 15) is 4.79 Å². The van der Waals surface area contributed by atoms with E-state index in [1.807, 2.05) is 6.07 Å². The van der Waals surface area contributed by atoms with E-state index in [1.165, 1.54) is 32.1 Å². The molecule has 26 heavy (non-hydrogen) atoms. The van der Waals surface area contributed by atoms with Gasteiger partial charge >= 0.3 is 0 Å². The predicted molar refractivity (Wildman–Crippen MR) is 98.7 cm³/mol. The monoisotopic (exact) mass is 356 g/mol. The number of amides is 1. The zero-order valence-corrected chi connectivity index (χ0v) is 15.5. The summed E-state index contributed by atoms with van der Waals surface area (Å²) in [5, 5.41) is 4.08. The number of hydrogen-bond acceptors (Lipinski definition) is 4. The van der Waals surface area contributed by atoms with Crippen LogP contribution in [-0.2, 0) is 0 Å². The highest BCUT2D eigenvalue weighted by Crippen LogP contribution is 2.34. The summed E-state index contributed by atoms with van der Waals surface area (Å²) in [6.45, 7) is 2.31. The van der Waals surface area contributed by atoms with E-state index < -0.39 is 0 Å². The third-order valence-electron chi connectivity index (χ3n) is 6.00. The number of nitrogens with zero attached hydrogens (tertiary/aromatic N) is 2. The fraction of sp³-hybridized carbons (Fsp3) is 0.619. The van der Waals surface area contributed by atoms with E-state index in [2.05, 4.69) is 17.0 Å². The van der Waals surface area contributed by atoms with Crippen molar-refractivity contribution in [3.05, 3.63) is 30.2 Å². The van der Waals surface area contributed by atoms with Crippen molar-refractivity contribution in [2.45, 2.75) is 76.8 Å². The quantitative estimate of drug-likeness (QED) is 0.747. The molecule has 2 aliphatic carbocycles. The molecule has 2 fully saturated rings. The fourth-order valence-corrected chi connectivity index (χ4v) is 4.69. The highest BCUT2D eigenvalue weighted by Gasteiger charge is 2.35. The molecule has 4 rings (SSSR count). The van der Waals surface area contributed by atoms with Gasteiger partial charge in [0.15, 0.2) is 11.5 Å². The van der Waals surface area contributed by atoms with Crippen molar-refractivity contribution >= 4 is 5.91 Å². The molecule has 0 saturated heterocycles. The second kappa shape index (κ2) is 7.68. The lowest BCUT2D eigenvalue weighted by Crippen LogP contribution is -2.49. The minimum absolute atomic E-state index is 0.0255. The van der Waals surface area contributed by atoms with E-state index in [-0.39, 0.29) is 5.91 Å². The molecule has 0 N–H and O–H groups in total. The number of rotatable bonds is 4. The Labute approximate surface area is 154 Å². The molecule has 0 aliphatic heterocycles. The van der Waals surface area contributed by atoms with Crippen LogP contribution in [0.1, 0.15) is 75.2 Å². The standard InChI is InChI=1S/C21H28N2O3/c1-15-7-5-10-17(13-15)23(16-8-3-2-4-9-16)21(24)18-14-20(26-22-18)19-11-6-12-25-19/h6,11-12,14-17H,2-5,7-10,13H2,1H3. The highest BCUT2D eigenvalue weighted by molar-refractivity contribution is 5.93. The molecule has 0 aromatic carbocycles. The number of hydrogen-bond donors (Lipinski definition) is 0. The second-order valence-corrected chi connectivity index (χ2v) is 7.98. The van der Waals surface area contributed by atoms with Crippen LogP contribution in [0, 0.1) is 5.92 Å². The average molecular weight is 356 g/mol. The van der Waals surface area contributed by atoms with Crippen LogP contribution in [0.25, 0.3) is 11.5 Å². The summed E-state index contributed by atoms with van der Waals surface area (Å²) in [6, 6.07) is 6.02. The Morgan fingerprint density at radius 2 is 1.88 bits per heavy atom. The summed E-state index contributed by atoms with van der Waals surface area (Å²) in [7, 11) is 0. The molecular weight excluding hydrogens is 328 g/mol. The minimum atomic E-state index is 0.0255. The fourth-order valence-electron chi connectivity index (χ4n) is 4.69. The Hall–Kier alpha value is -2.04. The molecule has 2 aromatic rings. The van der Waals surface area contributed by atoms with Gasteiger partial charge in [-0.1, -0.05) is 44.2 Å². The molecule has 2 saturated carbocycles. The van der Waals surface area contributed by atoms with Gasteiger partial charge in [0, 0.05) is 18.2 Å². The van der Waals surface area contributed by atoms with Crippen LogP contribution in [0.4, 0.5) is 0 Å². The maximum absolute atomic E-state index is 13.4. The normalized spacial score (nSPS) is 24.5. The van der Waals surface area contributed by atoms with Crippen LogP contribution in [0.3, 0.4) is 0 Å². The Kier molecular flexibility index (Phi) is 5.14. The van der Waals surface area contributed by atoms with Crippen molar-refractivity contribution < 1.29 is 13.7 Å². The van der Waals surface area contributed by atoms with Crippen molar-refractivity contribution in [1.29, 1.82) is 0 Å². The van der Waals surface area contributed by atoms with Crippen molar-refractivity contribution in [2.24, 2.45) is 5.92 Å². The lowest BCUT2D eigenvalue weighted by Gasteiger charge is -2.42. The van der Waals surface area contributed by atoms with Gasteiger partial charge in [-0.2, -0.15) is 0 Å². The van der Waals surface area contributed by atoms with Crippen molar-refractivity contribution in [2.75, 3.05) is 0 Å². The van der Waals surface area contributed by atoms with Crippen molar-refractivity contribution in [1.82, 2.24) is 10.1 Å². The zero-order valence-electron chi connectivity index (χ0n) is 15.5. The molecule has 2 unspecified atom stereocenters. The van der Waals surface area contributed by atoms with E-state index in [1.54, 1.807) is 18.4 Å². The minimum Gasteiger partial charge on any atom is -0.461 e. The SMILES string of the molecule is CC1CCCC(N(C(=O)c2cc(-c3ccco3)on2)C2CCCCC2)C1. The molecule has 2 atom stereocenters. The molecule has 2 heterocycles. The van der Waals surface area contributed by atoms with E-state index in [4.69, 9.17) is 8.94 Å². The van der Waals surface area contributed by atoms with E-state index in [0.717, 1.165) is 25.7 Å². The van der Waals surface area contributed by atoms with Crippen LogP contribution >= 0.6 is 0 Å². The van der Waals surface area contributed by atoms with Gasteiger partial charge in [-0.15, -0.1) is 0 Å². The van der Waals surface area contributed by atoms with Gasteiger partial charge in [0.05, 0.1) is 6.26 Å². The molecule has 0 bridgehead atoms. The highest BCUT2D eigenvalue weighted by atomic mass is 16.5. The zero-order chi connectivity index (χ0) is 17.9. The first-order chi connectivity index (χ1) is 12.7. The summed E-state index contributed by atoms with van der Waals surface area (Å²) < 4.78 is 10.7. The Bertz CT molecular complexity index is 715. The van der Waals surface area contributed by atoms with Gasteiger partial charge < -0.3 is 13.8 Å². The topological polar surface area (TPSA) is 59.5 Å². The third kappa shape index (κ3) is 3.57. The molecule has 2 aromatic heterocycles. The van der Waals surface area contributed by atoms with E-state index in [0.29, 0.717) is 35.2 Å². The van der Waals surface area contributed by atoms with Crippen LogP contribution in [0.5, 0.6) is 0 Å². The van der Waals surface area contributed by atoms with Crippen LogP contribution in [0.2, 0.25) is 0 Å². The maximum Gasteiger partial charge on any atom is 0.276 e. The Morgan fingerprint density at radius 1 is 1.08 bits per heavy atom. The summed E-state index contributed by atoms with van der Waals surface area (Å²) in [6.07, 6.45) is 12.2. The largest absolute Gasteiger partial charge is 0.461 e. The van der Waals surface area contributed by atoms with Gasteiger partial charge in [-0.05, 0) is 43.7 Å². The van der Waals surface area contributed by atoms with Gasteiger partial charge in [-0.3, -0.25) is 4.79 Å².